The molecule has 1 aliphatic rings. The number of piperazine rings is 1. The lowest BCUT2D eigenvalue weighted by molar-refractivity contribution is 0.0949. The summed E-state index contributed by atoms with van der Waals surface area (Å²) in [4.78, 5) is 30.5. The zero-order valence-electron chi connectivity index (χ0n) is 21.6. The molecule has 1 fully saturated rings. The number of ether oxygens (including phenoxy) is 1. The Bertz CT molecular complexity index is 1220. The number of methoxy groups -OCH3 is 1. The molecule has 0 atom stereocenters. The van der Waals surface area contributed by atoms with Gasteiger partial charge in [0.05, 0.1) is 5.56 Å². The fourth-order valence-electron chi connectivity index (χ4n) is 4.43. The van der Waals surface area contributed by atoms with E-state index in [1.807, 2.05) is 42.5 Å². The van der Waals surface area contributed by atoms with Crippen molar-refractivity contribution >= 4 is 44.9 Å². The molecule has 1 aliphatic heterocycles. The number of carbonyl (C=O) groups excluding carboxylic acids is 2. The van der Waals surface area contributed by atoms with E-state index < -0.39 is 0 Å². The number of anilines is 3. The van der Waals surface area contributed by atoms with Crippen molar-refractivity contribution in [3.63, 3.8) is 0 Å². The molecule has 0 bridgehead atoms. The first-order valence-electron chi connectivity index (χ1n) is 12.8. The Balaban J connectivity index is 1.45. The normalized spacial score (nSPS) is 13.7. The van der Waals surface area contributed by atoms with Gasteiger partial charge in [-0.2, -0.15) is 0 Å². The maximum atomic E-state index is 13.2. The van der Waals surface area contributed by atoms with Crippen LogP contribution in [0.15, 0.2) is 77.3 Å². The summed E-state index contributed by atoms with van der Waals surface area (Å²) in [6, 6.07) is 23.0. The molecule has 3 N–H and O–H groups in total. The molecule has 3 aromatic rings. The minimum absolute atomic E-state index is 0.168. The number of amides is 3. The molecule has 200 valence electrons. The van der Waals surface area contributed by atoms with E-state index in [-0.39, 0.29) is 11.9 Å². The Kier molecular flexibility index (Phi) is 10.1. The molecule has 3 amide bonds. The van der Waals surface area contributed by atoms with E-state index in [0.717, 1.165) is 49.3 Å². The van der Waals surface area contributed by atoms with Gasteiger partial charge in [0.2, 0.25) is 0 Å². The number of nitrogens with zero attached hydrogens (tertiary/aromatic N) is 2. The summed E-state index contributed by atoms with van der Waals surface area (Å²) in [5.74, 6) is -0.168. The number of hydrogen-bond acceptors (Lipinski definition) is 5. The lowest BCUT2D eigenvalue weighted by Gasteiger charge is -2.37. The SMILES string of the molecule is COCCCNC(=O)c1cc(NC(=O)Nc2cccc(Br)c2)ccc1N1CCN(Cc2ccccc2)CC1. The number of benzene rings is 3. The van der Waals surface area contributed by atoms with Crippen molar-refractivity contribution < 1.29 is 14.3 Å². The van der Waals surface area contributed by atoms with Crippen molar-refractivity contribution in [2.45, 2.75) is 13.0 Å². The van der Waals surface area contributed by atoms with Crippen LogP contribution in [-0.4, -0.2) is 63.3 Å². The van der Waals surface area contributed by atoms with E-state index in [9.17, 15) is 9.59 Å². The van der Waals surface area contributed by atoms with Gasteiger partial charge in [0.15, 0.2) is 0 Å². The van der Waals surface area contributed by atoms with E-state index in [0.29, 0.717) is 30.1 Å². The first-order chi connectivity index (χ1) is 18.5. The molecule has 0 unspecified atom stereocenters. The Labute approximate surface area is 232 Å². The van der Waals surface area contributed by atoms with Gasteiger partial charge in [-0.25, -0.2) is 4.79 Å². The van der Waals surface area contributed by atoms with Gasteiger partial charge < -0.3 is 25.6 Å². The number of halogens is 1. The summed E-state index contributed by atoms with van der Waals surface area (Å²) in [5, 5.41) is 8.67. The van der Waals surface area contributed by atoms with Crippen molar-refractivity contribution in [2.75, 3.05) is 62.0 Å². The topological polar surface area (TPSA) is 85.9 Å². The predicted octanol–water partition coefficient (Wildman–Crippen LogP) is 5.18. The van der Waals surface area contributed by atoms with Crippen molar-refractivity contribution in [1.29, 1.82) is 0 Å². The van der Waals surface area contributed by atoms with Gasteiger partial charge in [0, 0.05) is 74.5 Å². The monoisotopic (exact) mass is 579 g/mol. The number of urea groups is 1. The highest BCUT2D eigenvalue weighted by atomic mass is 79.9. The van der Waals surface area contributed by atoms with Gasteiger partial charge in [-0.05, 0) is 48.4 Å². The molecule has 3 aromatic carbocycles. The Hall–Kier alpha value is -3.40. The van der Waals surface area contributed by atoms with Crippen molar-refractivity contribution in [2.24, 2.45) is 0 Å². The second kappa shape index (κ2) is 13.9. The molecular weight excluding hydrogens is 546 g/mol. The van der Waals surface area contributed by atoms with Crippen LogP contribution in [0.3, 0.4) is 0 Å². The third kappa shape index (κ3) is 8.05. The second-order valence-corrected chi connectivity index (χ2v) is 10.1. The predicted molar refractivity (Wildman–Crippen MR) is 156 cm³/mol. The lowest BCUT2D eigenvalue weighted by atomic mass is 10.1. The average molecular weight is 581 g/mol. The molecule has 0 saturated carbocycles. The summed E-state index contributed by atoms with van der Waals surface area (Å²) in [7, 11) is 1.64. The second-order valence-electron chi connectivity index (χ2n) is 9.17. The maximum Gasteiger partial charge on any atom is 0.323 e. The summed E-state index contributed by atoms with van der Waals surface area (Å²) < 4.78 is 5.97. The Morgan fingerprint density at radius 3 is 2.34 bits per heavy atom. The van der Waals surface area contributed by atoms with E-state index in [2.05, 4.69) is 65.9 Å². The summed E-state index contributed by atoms with van der Waals surface area (Å²) in [6.45, 7) is 5.43. The number of rotatable bonds is 10. The van der Waals surface area contributed by atoms with Gasteiger partial charge >= 0.3 is 6.03 Å². The van der Waals surface area contributed by atoms with Crippen LogP contribution in [0.1, 0.15) is 22.3 Å². The molecular formula is C29H34BrN5O3. The van der Waals surface area contributed by atoms with Gasteiger partial charge in [-0.15, -0.1) is 0 Å². The van der Waals surface area contributed by atoms with Crippen LogP contribution in [0.25, 0.3) is 0 Å². The molecule has 0 aliphatic carbocycles. The first-order valence-corrected chi connectivity index (χ1v) is 13.6. The zero-order valence-corrected chi connectivity index (χ0v) is 23.2. The summed E-state index contributed by atoms with van der Waals surface area (Å²) in [6.07, 6.45) is 0.725. The molecule has 1 heterocycles. The molecule has 0 aromatic heterocycles. The van der Waals surface area contributed by atoms with Gasteiger partial charge in [-0.1, -0.05) is 52.3 Å². The van der Waals surface area contributed by atoms with Gasteiger partial charge in [0.1, 0.15) is 0 Å². The fourth-order valence-corrected chi connectivity index (χ4v) is 4.83. The third-order valence-corrected chi connectivity index (χ3v) is 6.85. The zero-order chi connectivity index (χ0) is 26.7. The third-order valence-electron chi connectivity index (χ3n) is 6.35. The van der Waals surface area contributed by atoms with Gasteiger partial charge in [0.25, 0.3) is 5.91 Å². The largest absolute Gasteiger partial charge is 0.385 e. The van der Waals surface area contributed by atoms with Crippen LogP contribution in [-0.2, 0) is 11.3 Å². The molecule has 38 heavy (non-hydrogen) atoms. The molecule has 1 saturated heterocycles. The Morgan fingerprint density at radius 2 is 1.63 bits per heavy atom. The van der Waals surface area contributed by atoms with E-state index in [1.54, 1.807) is 13.2 Å². The van der Waals surface area contributed by atoms with Crippen LogP contribution < -0.4 is 20.9 Å². The van der Waals surface area contributed by atoms with Crippen LogP contribution in [0.2, 0.25) is 0 Å². The average Bonchev–Trinajstić information content (AvgIpc) is 2.92. The fraction of sp³-hybridized carbons (Fsp3) is 0.310. The number of hydrogen-bond donors (Lipinski definition) is 3. The van der Waals surface area contributed by atoms with Crippen LogP contribution in [0, 0.1) is 0 Å². The number of carbonyl (C=O) groups is 2. The standard InChI is InChI=1S/C29H34BrN5O3/c1-38-18-6-13-31-28(36)26-20-25(33-29(37)32-24-10-5-9-23(30)19-24)11-12-27(26)35-16-14-34(15-17-35)21-22-7-3-2-4-8-22/h2-5,7-12,19-20H,6,13-18,21H2,1H3,(H,31,36)(H2,32,33,37). The van der Waals surface area contributed by atoms with Crippen LogP contribution >= 0.6 is 15.9 Å². The summed E-state index contributed by atoms with van der Waals surface area (Å²) in [5.41, 5.74) is 3.92. The van der Waals surface area contributed by atoms with E-state index in [4.69, 9.17) is 4.74 Å². The van der Waals surface area contributed by atoms with Crippen molar-refractivity contribution in [1.82, 2.24) is 10.2 Å². The lowest BCUT2D eigenvalue weighted by Crippen LogP contribution is -2.46. The molecule has 0 radical (unpaired) electrons. The molecule has 9 heteroatoms. The highest BCUT2D eigenvalue weighted by Gasteiger charge is 2.22. The van der Waals surface area contributed by atoms with E-state index in [1.165, 1.54) is 5.56 Å². The first kappa shape index (κ1) is 27.6. The Morgan fingerprint density at radius 1 is 0.895 bits per heavy atom. The van der Waals surface area contributed by atoms with E-state index >= 15 is 0 Å². The maximum absolute atomic E-state index is 13.2. The summed E-state index contributed by atoms with van der Waals surface area (Å²) >= 11 is 3.41. The molecule has 4 rings (SSSR count). The van der Waals surface area contributed by atoms with Crippen LogP contribution in [0.5, 0.6) is 0 Å². The minimum Gasteiger partial charge on any atom is -0.385 e. The molecule has 8 nitrogen and oxygen atoms in total. The number of nitrogens with one attached hydrogen (secondary N) is 3. The van der Waals surface area contributed by atoms with Crippen LogP contribution in [0.4, 0.5) is 21.9 Å². The molecule has 0 spiro atoms. The minimum atomic E-state index is -0.378. The van der Waals surface area contributed by atoms with Gasteiger partial charge in [-0.3, -0.25) is 9.69 Å². The highest BCUT2D eigenvalue weighted by molar-refractivity contribution is 9.10. The highest BCUT2D eigenvalue weighted by Crippen LogP contribution is 2.26. The van der Waals surface area contributed by atoms with Crippen molar-refractivity contribution in [3.05, 3.63) is 88.4 Å². The van der Waals surface area contributed by atoms with Crippen molar-refractivity contribution in [3.8, 4) is 0 Å². The quantitative estimate of drug-likeness (QED) is 0.288. The smallest absolute Gasteiger partial charge is 0.323 e.